The number of hydrogen-bond donors (Lipinski definition) is 5. The van der Waals surface area contributed by atoms with Crippen LogP contribution in [0.2, 0.25) is 0 Å². The summed E-state index contributed by atoms with van der Waals surface area (Å²) in [7, 11) is 1.60. The Balaban J connectivity index is 1.94. The number of aromatic nitrogens is 1. The van der Waals surface area contributed by atoms with Crippen LogP contribution in [-0.4, -0.2) is 68.9 Å². The molecule has 1 aromatic heterocycles. The molecule has 190 valence electrons. The lowest BCUT2D eigenvalue weighted by Crippen LogP contribution is -2.60. The summed E-state index contributed by atoms with van der Waals surface area (Å²) < 4.78 is 18.7. The van der Waals surface area contributed by atoms with Gasteiger partial charge in [0, 0.05) is 12.7 Å². The van der Waals surface area contributed by atoms with Gasteiger partial charge >= 0.3 is 0 Å². The number of fused-ring (bicyclic) bond motifs is 1. The Labute approximate surface area is 198 Å². The second kappa shape index (κ2) is 11.9. The Hall–Kier alpha value is -2.37. The van der Waals surface area contributed by atoms with Crippen molar-refractivity contribution < 1.29 is 34.6 Å². The van der Waals surface area contributed by atoms with Crippen molar-refractivity contribution >= 4 is 16.6 Å². The summed E-state index contributed by atoms with van der Waals surface area (Å²) in [6.45, 7) is 1.83. The summed E-state index contributed by atoms with van der Waals surface area (Å²) in [4.78, 5) is 13.2. The van der Waals surface area contributed by atoms with Crippen LogP contribution in [0, 0.1) is 0 Å². The number of hydrogen-bond acceptors (Lipinski definition) is 9. The molecular formula is C24H36N2O8. The van der Waals surface area contributed by atoms with Crippen LogP contribution in [0.1, 0.15) is 45.4 Å². The predicted molar refractivity (Wildman–Crippen MR) is 127 cm³/mol. The van der Waals surface area contributed by atoms with Crippen LogP contribution in [0.4, 0.5) is 5.69 Å². The van der Waals surface area contributed by atoms with Gasteiger partial charge in [0.15, 0.2) is 5.75 Å². The number of ether oxygens (including phenoxy) is 3. The molecule has 0 aliphatic carbocycles. The molecule has 34 heavy (non-hydrogen) atoms. The van der Waals surface area contributed by atoms with Gasteiger partial charge in [-0.2, -0.15) is 0 Å². The number of nitrogens with zero attached hydrogens (tertiary/aromatic N) is 1. The van der Waals surface area contributed by atoms with E-state index in [-0.39, 0.29) is 18.1 Å². The van der Waals surface area contributed by atoms with Crippen LogP contribution in [0.3, 0.4) is 0 Å². The second-order valence-corrected chi connectivity index (χ2v) is 8.70. The summed E-state index contributed by atoms with van der Waals surface area (Å²) in [5, 5.41) is 40.6. The fourth-order valence-electron chi connectivity index (χ4n) is 4.13. The van der Waals surface area contributed by atoms with E-state index in [1.165, 1.54) is 11.0 Å². The summed E-state index contributed by atoms with van der Waals surface area (Å²) >= 11 is 0. The summed E-state index contributed by atoms with van der Waals surface area (Å²) in [6, 6.07) is 5.04. The molecule has 3 rings (SSSR count). The number of aliphatic hydroxyl groups excluding tert-OH is 4. The Morgan fingerprint density at radius 2 is 1.74 bits per heavy atom. The van der Waals surface area contributed by atoms with Crippen molar-refractivity contribution in [2.75, 3.05) is 18.9 Å². The maximum Gasteiger partial charge on any atom is 0.297 e. The fourth-order valence-corrected chi connectivity index (χ4v) is 4.13. The topological polar surface area (TPSA) is 157 Å². The number of aliphatic hydroxyl groups is 4. The second-order valence-electron chi connectivity index (χ2n) is 8.70. The summed E-state index contributed by atoms with van der Waals surface area (Å²) in [5.41, 5.74) is 6.57. The standard InChI is InChI=1S/C24H36N2O8/c1-3-4-5-6-7-8-12-32-22-21(17-14(25)10-9-11-15(17)26(2)23(22)31)34-24-20(30)19(29)18(28)16(13-27)33-24/h9-11,16,18-20,24,27-30H,3-8,12-13,25H2,1-2H3/t16-,18+,19+,20-,24+/m1/s1. The molecule has 1 fully saturated rings. The first kappa shape index (κ1) is 26.2. The van der Waals surface area contributed by atoms with Gasteiger partial charge in [0.25, 0.3) is 5.56 Å². The van der Waals surface area contributed by atoms with Crippen molar-refractivity contribution in [1.82, 2.24) is 4.57 Å². The van der Waals surface area contributed by atoms with Gasteiger partial charge in [-0.1, -0.05) is 45.1 Å². The van der Waals surface area contributed by atoms with E-state index in [1.807, 2.05) is 0 Å². The zero-order chi connectivity index (χ0) is 24.8. The first-order chi connectivity index (χ1) is 16.3. The minimum absolute atomic E-state index is 0.0217. The molecule has 10 heteroatoms. The van der Waals surface area contributed by atoms with Gasteiger partial charge in [-0.25, -0.2) is 0 Å². The van der Waals surface area contributed by atoms with Gasteiger partial charge in [0.1, 0.15) is 24.4 Å². The highest BCUT2D eigenvalue weighted by Gasteiger charge is 2.45. The third-order valence-electron chi connectivity index (χ3n) is 6.19. The van der Waals surface area contributed by atoms with E-state index < -0.39 is 42.9 Å². The van der Waals surface area contributed by atoms with Crippen LogP contribution < -0.4 is 20.8 Å². The molecule has 0 radical (unpaired) electrons. The van der Waals surface area contributed by atoms with E-state index in [2.05, 4.69) is 6.92 Å². The number of aryl methyl sites for hydroxylation is 1. The Kier molecular flexibility index (Phi) is 9.15. The van der Waals surface area contributed by atoms with Gasteiger partial charge in [0.2, 0.25) is 12.0 Å². The lowest BCUT2D eigenvalue weighted by atomic mass is 9.99. The monoisotopic (exact) mass is 480 g/mol. The number of benzene rings is 1. The van der Waals surface area contributed by atoms with Gasteiger partial charge in [-0.15, -0.1) is 0 Å². The normalized spacial score (nSPS) is 24.9. The van der Waals surface area contributed by atoms with E-state index in [9.17, 15) is 25.2 Å². The number of nitrogen functional groups attached to an aromatic ring is 1. The average Bonchev–Trinajstić information content (AvgIpc) is 2.83. The molecule has 0 unspecified atom stereocenters. The minimum Gasteiger partial charge on any atom is -0.485 e. The van der Waals surface area contributed by atoms with Gasteiger partial charge in [-0.05, 0) is 18.6 Å². The molecule has 0 bridgehead atoms. The Morgan fingerprint density at radius 3 is 2.44 bits per heavy atom. The predicted octanol–water partition coefficient (Wildman–Crippen LogP) is 1.04. The zero-order valence-electron chi connectivity index (χ0n) is 19.7. The zero-order valence-corrected chi connectivity index (χ0v) is 19.7. The van der Waals surface area contributed by atoms with E-state index >= 15 is 0 Å². The molecule has 2 heterocycles. The first-order valence-corrected chi connectivity index (χ1v) is 11.8. The lowest BCUT2D eigenvalue weighted by Gasteiger charge is -2.39. The Bertz CT molecular complexity index is 1010. The maximum absolute atomic E-state index is 13.2. The largest absolute Gasteiger partial charge is 0.485 e. The first-order valence-electron chi connectivity index (χ1n) is 11.8. The highest BCUT2D eigenvalue weighted by Crippen LogP contribution is 2.38. The number of pyridine rings is 1. The lowest BCUT2D eigenvalue weighted by molar-refractivity contribution is -0.277. The maximum atomic E-state index is 13.2. The van der Waals surface area contributed by atoms with Crippen LogP contribution in [0.15, 0.2) is 23.0 Å². The van der Waals surface area contributed by atoms with E-state index in [0.29, 0.717) is 16.6 Å². The minimum atomic E-state index is -1.65. The molecule has 6 N–H and O–H groups in total. The highest BCUT2D eigenvalue weighted by molar-refractivity contribution is 5.97. The van der Waals surface area contributed by atoms with E-state index in [1.54, 1.807) is 25.2 Å². The molecule has 5 atom stereocenters. The van der Waals surface area contributed by atoms with Gasteiger partial charge in [-0.3, -0.25) is 4.79 Å². The molecule has 1 saturated heterocycles. The molecular weight excluding hydrogens is 444 g/mol. The van der Waals surface area contributed by atoms with Crippen LogP contribution in [0.5, 0.6) is 11.5 Å². The Morgan fingerprint density at radius 1 is 1.03 bits per heavy atom. The fraction of sp³-hybridized carbons (Fsp3) is 0.625. The van der Waals surface area contributed by atoms with Crippen molar-refractivity contribution in [3.63, 3.8) is 0 Å². The third kappa shape index (κ3) is 5.47. The van der Waals surface area contributed by atoms with Crippen molar-refractivity contribution in [1.29, 1.82) is 0 Å². The quantitative estimate of drug-likeness (QED) is 0.234. The van der Waals surface area contributed by atoms with Crippen LogP contribution in [0.25, 0.3) is 10.9 Å². The highest BCUT2D eigenvalue weighted by atomic mass is 16.7. The number of unbranched alkanes of at least 4 members (excludes halogenated alkanes) is 5. The molecule has 0 amide bonds. The third-order valence-corrected chi connectivity index (χ3v) is 6.19. The molecule has 0 saturated carbocycles. The molecule has 10 nitrogen and oxygen atoms in total. The van der Waals surface area contributed by atoms with Crippen molar-refractivity contribution in [2.24, 2.45) is 7.05 Å². The van der Waals surface area contributed by atoms with Crippen molar-refractivity contribution in [2.45, 2.75) is 76.2 Å². The van der Waals surface area contributed by atoms with Gasteiger partial charge in [0.05, 0.1) is 24.1 Å². The number of rotatable bonds is 11. The molecule has 0 spiro atoms. The number of nitrogens with two attached hydrogens (primary N) is 1. The molecule has 2 aromatic rings. The summed E-state index contributed by atoms with van der Waals surface area (Å²) in [5.74, 6) is -0.107. The van der Waals surface area contributed by atoms with E-state index in [0.717, 1.165) is 32.1 Å². The van der Waals surface area contributed by atoms with E-state index in [4.69, 9.17) is 19.9 Å². The average molecular weight is 481 g/mol. The van der Waals surface area contributed by atoms with Crippen LogP contribution >= 0.6 is 0 Å². The molecule has 1 aromatic carbocycles. The van der Waals surface area contributed by atoms with Crippen molar-refractivity contribution in [3.05, 3.63) is 28.6 Å². The summed E-state index contributed by atoms with van der Waals surface area (Å²) in [6.07, 6.45) is -1.18. The van der Waals surface area contributed by atoms with Crippen LogP contribution in [-0.2, 0) is 11.8 Å². The van der Waals surface area contributed by atoms with Gasteiger partial charge < -0.3 is 44.9 Å². The SMILES string of the molecule is CCCCCCCCOc1c(O[C@@H]2O[C@H](CO)[C@H](O)[C@H](O)[C@H]2O)c2c(N)cccc2n(C)c1=O. The molecule has 1 aliphatic rings. The van der Waals surface area contributed by atoms with Crippen molar-refractivity contribution in [3.8, 4) is 11.5 Å². The number of anilines is 1. The smallest absolute Gasteiger partial charge is 0.297 e. The molecule has 1 aliphatic heterocycles.